The number of aromatic nitrogens is 2. The Balaban J connectivity index is 1.59. The first kappa shape index (κ1) is 20.2. The highest BCUT2D eigenvalue weighted by atomic mass is 32.2. The van der Waals surface area contributed by atoms with Crippen molar-refractivity contribution in [3.8, 4) is 22.1 Å². The second-order valence-electron chi connectivity index (χ2n) is 5.98. The molecule has 0 saturated heterocycles. The van der Waals surface area contributed by atoms with E-state index >= 15 is 0 Å². The van der Waals surface area contributed by atoms with E-state index in [2.05, 4.69) is 15.5 Å². The van der Waals surface area contributed by atoms with Crippen LogP contribution in [0, 0.1) is 6.92 Å². The zero-order valence-electron chi connectivity index (χ0n) is 16.0. The lowest BCUT2D eigenvalue weighted by Crippen LogP contribution is -2.22. The van der Waals surface area contributed by atoms with Crippen LogP contribution in [-0.4, -0.2) is 35.5 Å². The van der Waals surface area contributed by atoms with Gasteiger partial charge >= 0.3 is 0 Å². The molecule has 0 unspecified atom stereocenters. The van der Waals surface area contributed by atoms with Gasteiger partial charge in [0.2, 0.25) is 5.91 Å². The average Bonchev–Trinajstić information content (AvgIpc) is 3.34. The summed E-state index contributed by atoms with van der Waals surface area (Å²) in [5.41, 5.74) is 1.89. The van der Waals surface area contributed by atoms with Crippen molar-refractivity contribution in [3.63, 3.8) is 0 Å². The van der Waals surface area contributed by atoms with E-state index in [4.69, 9.17) is 14.0 Å². The summed E-state index contributed by atoms with van der Waals surface area (Å²) in [5.74, 6) is 2.95. The van der Waals surface area contributed by atoms with E-state index in [1.165, 1.54) is 11.8 Å². The number of benzene rings is 1. The quantitative estimate of drug-likeness (QED) is 0.580. The zero-order chi connectivity index (χ0) is 20.1. The highest BCUT2D eigenvalue weighted by Gasteiger charge is 2.16. The lowest BCUT2D eigenvalue weighted by atomic mass is 10.2. The molecule has 7 nitrogen and oxygen atoms in total. The summed E-state index contributed by atoms with van der Waals surface area (Å²) >= 11 is 3.07. The predicted molar refractivity (Wildman–Crippen MR) is 111 cm³/mol. The van der Waals surface area contributed by atoms with Gasteiger partial charge in [-0.05, 0) is 32.0 Å². The van der Waals surface area contributed by atoms with Crippen molar-refractivity contribution in [3.05, 3.63) is 41.1 Å². The number of methoxy groups -OCH3 is 2. The third-order valence-corrected chi connectivity index (χ3v) is 6.03. The van der Waals surface area contributed by atoms with Crippen molar-refractivity contribution in [2.24, 2.45) is 0 Å². The van der Waals surface area contributed by atoms with Crippen LogP contribution in [0.15, 0.2) is 34.2 Å². The van der Waals surface area contributed by atoms with Gasteiger partial charge in [-0.2, -0.15) is 0 Å². The molecule has 0 aliphatic rings. The molecule has 3 aromatic rings. The Morgan fingerprint density at radius 1 is 1.29 bits per heavy atom. The van der Waals surface area contributed by atoms with Gasteiger partial charge in [-0.25, -0.2) is 4.98 Å². The number of ether oxygens (including phenoxy) is 2. The van der Waals surface area contributed by atoms with Crippen molar-refractivity contribution < 1.29 is 18.8 Å². The van der Waals surface area contributed by atoms with Crippen LogP contribution in [0.1, 0.15) is 18.4 Å². The normalized spacial score (nSPS) is 11.9. The fourth-order valence-electron chi connectivity index (χ4n) is 2.41. The molecule has 0 saturated carbocycles. The maximum absolute atomic E-state index is 12.2. The van der Waals surface area contributed by atoms with E-state index in [-0.39, 0.29) is 11.2 Å². The van der Waals surface area contributed by atoms with Crippen LogP contribution in [0.2, 0.25) is 0 Å². The number of thioether (sulfide) groups is 1. The van der Waals surface area contributed by atoms with Crippen LogP contribution in [0.5, 0.6) is 11.5 Å². The monoisotopic (exact) mass is 419 g/mol. The van der Waals surface area contributed by atoms with Crippen molar-refractivity contribution in [2.75, 3.05) is 19.5 Å². The number of carbonyl (C=O) groups is 1. The van der Waals surface area contributed by atoms with Crippen LogP contribution in [-0.2, 0) is 10.5 Å². The maximum atomic E-state index is 12.2. The molecule has 9 heteroatoms. The minimum absolute atomic E-state index is 0.117. The molecule has 148 valence electrons. The van der Waals surface area contributed by atoms with Gasteiger partial charge in [0.1, 0.15) is 10.8 Å². The molecule has 2 aromatic heterocycles. The van der Waals surface area contributed by atoms with E-state index in [0.717, 1.165) is 16.3 Å². The Bertz CT molecular complexity index is 954. The Morgan fingerprint density at radius 2 is 2.07 bits per heavy atom. The molecule has 1 amide bonds. The van der Waals surface area contributed by atoms with Gasteiger partial charge < -0.3 is 19.3 Å². The highest BCUT2D eigenvalue weighted by molar-refractivity contribution is 7.99. The summed E-state index contributed by atoms with van der Waals surface area (Å²) in [4.78, 5) is 16.9. The van der Waals surface area contributed by atoms with Gasteiger partial charge in [0.15, 0.2) is 17.3 Å². The number of amides is 1. The first-order valence-electron chi connectivity index (χ1n) is 8.52. The number of nitrogens with zero attached hydrogens (tertiary/aromatic N) is 2. The fraction of sp³-hybridized carbons (Fsp3) is 0.316. The molecular formula is C19H21N3O4S2. The molecule has 0 fully saturated rings. The molecule has 2 heterocycles. The summed E-state index contributed by atoms with van der Waals surface area (Å²) in [6.45, 7) is 3.63. The molecule has 0 bridgehead atoms. The smallest absolute Gasteiger partial charge is 0.238 e. The lowest BCUT2D eigenvalue weighted by Gasteiger charge is -2.09. The first-order chi connectivity index (χ1) is 13.5. The molecule has 3 rings (SSSR count). The third-order valence-electron chi connectivity index (χ3n) is 3.91. The van der Waals surface area contributed by atoms with E-state index in [0.29, 0.717) is 28.8 Å². The molecular weight excluding hydrogens is 398 g/mol. The largest absolute Gasteiger partial charge is 0.493 e. The first-order valence-corrected chi connectivity index (χ1v) is 10.5. The van der Waals surface area contributed by atoms with Crippen molar-refractivity contribution in [1.82, 2.24) is 10.1 Å². The average molecular weight is 420 g/mol. The standard InChI is InChI=1S/C19H21N3O4S2/c1-11-7-17(22-26-11)21-18(23)12(2)27-9-14-10-28-19(20-14)13-5-6-15(24-3)16(8-13)25-4/h5-8,10,12H,9H2,1-4H3,(H,21,22,23)/t12-/m1/s1. The molecule has 0 radical (unpaired) electrons. The summed E-state index contributed by atoms with van der Waals surface area (Å²) in [7, 11) is 3.22. The predicted octanol–water partition coefficient (Wildman–Crippen LogP) is 4.38. The van der Waals surface area contributed by atoms with Gasteiger partial charge in [0.05, 0.1) is 25.2 Å². The van der Waals surface area contributed by atoms with Crippen molar-refractivity contribution in [2.45, 2.75) is 24.9 Å². The van der Waals surface area contributed by atoms with Gasteiger partial charge in [-0.3, -0.25) is 4.79 Å². The second-order valence-corrected chi connectivity index (χ2v) is 8.17. The van der Waals surface area contributed by atoms with Crippen molar-refractivity contribution >= 4 is 34.8 Å². The molecule has 1 N–H and O–H groups in total. The number of carbonyl (C=O) groups excluding carboxylic acids is 1. The SMILES string of the molecule is COc1ccc(-c2nc(CS[C@H](C)C(=O)Nc3cc(C)on3)cs2)cc1OC. The van der Waals surface area contributed by atoms with E-state index in [9.17, 15) is 4.79 Å². The number of rotatable bonds is 8. The Morgan fingerprint density at radius 3 is 2.75 bits per heavy atom. The second kappa shape index (κ2) is 9.11. The number of hydrogen-bond acceptors (Lipinski definition) is 8. The van der Waals surface area contributed by atoms with Gasteiger partial charge in [-0.15, -0.1) is 23.1 Å². The number of nitrogens with one attached hydrogen (secondary N) is 1. The molecule has 28 heavy (non-hydrogen) atoms. The van der Waals surface area contributed by atoms with E-state index in [1.54, 1.807) is 38.5 Å². The Hall–Kier alpha value is -2.52. The minimum atomic E-state index is -0.247. The van der Waals surface area contributed by atoms with E-state index < -0.39 is 0 Å². The summed E-state index contributed by atoms with van der Waals surface area (Å²) in [6.07, 6.45) is 0. The number of aryl methyl sites for hydroxylation is 1. The number of thiazole rings is 1. The summed E-state index contributed by atoms with van der Waals surface area (Å²) in [6, 6.07) is 7.41. The molecule has 1 atom stereocenters. The van der Waals surface area contributed by atoms with Crippen molar-refractivity contribution in [1.29, 1.82) is 0 Å². The maximum Gasteiger partial charge on any atom is 0.238 e. The van der Waals surface area contributed by atoms with Gasteiger partial charge in [-0.1, -0.05) is 5.16 Å². The van der Waals surface area contributed by atoms with Crippen LogP contribution >= 0.6 is 23.1 Å². The molecule has 0 spiro atoms. The Kier molecular flexibility index (Phi) is 6.58. The summed E-state index contributed by atoms with van der Waals surface area (Å²) < 4.78 is 15.6. The van der Waals surface area contributed by atoms with Gasteiger partial charge in [0.25, 0.3) is 0 Å². The summed E-state index contributed by atoms with van der Waals surface area (Å²) in [5, 5.41) is 9.17. The number of anilines is 1. The lowest BCUT2D eigenvalue weighted by molar-refractivity contribution is -0.115. The van der Waals surface area contributed by atoms with Crippen LogP contribution in [0.4, 0.5) is 5.82 Å². The van der Waals surface area contributed by atoms with Crippen LogP contribution in [0.3, 0.4) is 0 Å². The molecule has 1 aromatic carbocycles. The fourth-order valence-corrected chi connectivity index (χ4v) is 4.12. The molecule has 0 aliphatic carbocycles. The highest BCUT2D eigenvalue weighted by Crippen LogP contribution is 2.34. The number of hydrogen-bond donors (Lipinski definition) is 1. The topological polar surface area (TPSA) is 86.5 Å². The minimum Gasteiger partial charge on any atom is -0.493 e. The van der Waals surface area contributed by atoms with Gasteiger partial charge in [0, 0.05) is 22.8 Å². The van der Waals surface area contributed by atoms with E-state index in [1.807, 2.05) is 30.5 Å². The Labute approximate surface area is 171 Å². The van der Waals surface area contributed by atoms with Crippen LogP contribution in [0.25, 0.3) is 10.6 Å². The zero-order valence-corrected chi connectivity index (χ0v) is 17.6. The third kappa shape index (κ3) is 4.85. The molecule has 0 aliphatic heterocycles. The van der Waals surface area contributed by atoms with Crippen LogP contribution < -0.4 is 14.8 Å².